The van der Waals surface area contributed by atoms with Gasteiger partial charge in [-0.1, -0.05) is 0 Å². The van der Waals surface area contributed by atoms with Gasteiger partial charge in [-0.15, -0.1) is 20.4 Å². The molecule has 8 heteroatoms. The van der Waals surface area contributed by atoms with E-state index >= 15 is 0 Å². The van der Waals surface area contributed by atoms with Gasteiger partial charge in [-0.2, -0.15) is 4.80 Å². The predicted octanol–water partition coefficient (Wildman–Crippen LogP) is -0.566. The van der Waals surface area contributed by atoms with E-state index in [2.05, 4.69) is 25.6 Å². The van der Waals surface area contributed by atoms with Gasteiger partial charge in [0.25, 0.3) is 0 Å². The Hall–Kier alpha value is -2.38. The van der Waals surface area contributed by atoms with Gasteiger partial charge in [-0.3, -0.25) is 4.79 Å². The number of methoxy groups -OCH3 is 1. The van der Waals surface area contributed by atoms with Crippen molar-refractivity contribution in [3.05, 3.63) is 23.7 Å². The highest BCUT2D eigenvalue weighted by atomic mass is 16.5. The van der Waals surface area contributed by atoms with Crippen LogP contribution in [-0.2, 0) is 13.5 Å². The number of hydrogen-bond donors (Lipinski definition) is 0. The second-order valence-electron chi connectivity index (χ2n) is 3.26. The van der Waals surface area contributed by atoms with E-state index in [1.54, 1.807) is 19.2 Å². The summed E-state index contributed by atoms with van der Waals surface area (Å²) in [6, 6.07) is 3.12. The average Bonchev–Trinajstić information content (AvgIpc) is 2.75. The lowest BCUT2D eigenvalue weighted by atomic mass is 10.2. The predicted molar refractivity (Wildman–Crippen MR) is 55.4 cm³/mol. The summed E-state index contributed by atoms with van der Waals surface area (Å²) >= 11 is 0. The highest BCUT2D eigenvalue weighted by Crippen LogP contribution is 2.05. The second-order valence-corrected chi connectivity index (χ2v) is 3.26. The molecule has 0 radical (unpaired) electrons. The van der Waals surface area contributed by atoms with Gasteiger partial charge in [0.2, 0.25) is 5.88 Å². The fourth-order valence-electron chi connectivity index (χ4n) is 1.21. The van der Waals surface area contributed by atoms with E-state index in [1.807, 2.05) is 0 Å². The number of ketones is 1. The molecule has 0 saturated carbocycles. The van der Waals surface area contributed by atoms with Crippen molar-refractivity contribution in [2.24, 2.45) is 7.05 Å². The summed E-state index contributed by atoms with van der Waals surface area (Å²) < 4.78 is 4.85. The van der Waals surface area contributed by atoms with Crippen LogP contribution in [0.4, 0.5) is 0 Å². The maximum atomic E-state index is 11.8. The van der Waals surface area contributed by atoms with Gasteiger partial charge in [0.1, 0.15) is 5.69 Å². The minimum atomic E-state index is -0.215. The van der Waals surface area contributed by atoms with Gasteiger partial charge in [0, 0.05) is 6.07 Å². The van der Waals surface area contributed by atoms with Crippen LogP contribution in [0.1, 0.15) is 16.3 Å². The number of tetrazole rings is 1. The molecule has 0 spiro atoms. The molecule has 8 nitrogen and oxygen atoms in total. The van der Waals surface area contributed by atoms with Gasteiger partial charge in [0.15, 0.2) is 11.6 Å². The quantitative estimate of drug-likeness (QED) is 0.654. The summed E-state index contributed by atoms with van der Waals surface area (Å²) in [4.78, 5) is 13.1. The summed E-state index contributed by atoms with van der Waals surface area (Å²) in [5.41, 5.74) is 0.248. The van der Waals surface area contributed by atoms with Crippen molar-refractivity contribution in [2.45, 2.75) is 6.42 Å². The van der Waals surface area contributed by atoms with Gasteiger partial charge >= 0.3 is 0 Å². The molecule has 0 bridgehead atoms. The Morgan fingerprint density at radius 1 is 1.35 bits per heavy atom. The van der Waals surface area contributed by atoms with Crippen molar-refractivity contribution in [2.75, 3.05) is 7.11 Å². The fourth-order valence-corrected chi connectivity index (χ4v) is 1.21. The Kier molecular flexibility index (Phi) is 3.03. The molecule has 0 unspecified atom stereocenters. The van der Waals surface area contributed by atoms with Crippen molar-refractivity contribution in [1.29, 1.82) is 0 Å². The monoisotopic (exact) mass is 234 g/mol. The molecule has 0 fully saturated rings. The van der Waals surface area contributed by atoms with E-state index in [1.165, 1.54) is 11.9 Å². The highest BCUT2D eigenvalue weighted by Gasteiger charge is 2.12. The van der Waals surface area contributed by atoms with Crippen molar-refractivity contribution < 1.29 is 9.53 Å². The molecule has 0 atom stereocenters. The third-order valence-electron chi connectivity index (χ3n) is 2.00. The zero-order chi connectivity index (χ0) is 12.3. The maximum absolute atomic E-state index is 11.8. The number of ether oxygens (including phenoxy) is 1. The standard InChI is InChI=1S/C9H10N6O2/c1-15-13-8(11-14-15)5-7(16)6-3-4-9(17-2)12-10-6/h3-4H,5H2,1-2H3. The number of Topliss-reactive ketones (excluding diaryl/α,β-unsaturated/α-hetero) is 1. The molecule has 88 valence electrons. The summed E-state index contributed by atoms with van der Waals surface area (Å²) in [7, 11) is 3.11. The molecular weight excluding hydrogens is 224 g/mol. The maximum Gasteiger partial charge on any atom is 0.233 e. The first-order valence-electron chi connectivity index (χ1n) is 4.83. The molecule has 2 rings (SSSR count). The van der Waals surface area contributed by atoms with E-state index in [0.717, 1.165) is 0 Å². The van der Waals surface area contributed by atoms with Crippen molar-refractivity contribution in [3.63, 3.8) is 0 Å². The first-order chi connectivity index (χ1) is 8.19. The average molecular weight is 234 g/mol. The van der Waals surface area contributed by atoms with Crippen molar-refractivity contribution in [3.8, 4) is 5.88 Å². The third kappa shape index (κ3) is 2.60. The SMILES string of the molecule is COc1ccc(C(=O)Cc2nnn(C)n2)nn1. The number of aryl methyl sites for hydroxylation is 1. The summed E-state index contributed by atoms with van der Waals surface area (Å²) in [6.07, 6.45) is 0.0504. The van der Waals surface area contributed by atoms with Gasteiger partial charge in [-0.05, 0) is 11.3 Å². The lowest BCUT2D eigenvalue weighted by Crippen LogP contribution is -2.08. The Morgan fingerprint density at radius 2 is 2.18 bits per heavy atom. The lowest BCUT2D eigenvalue weighted by Gasteiger charge is -1.98. The Bertz CT molecular complexity index is 521. The van der Waals surface area contributed by atoms with Crippen LogP contribution in [-0.4, -0.2) is 43.3 Å². The second kappa shape index (κ2) is 4.64. The van der Waals surface area contributed by atoms with Crippen LogP contribution in [0.3, 0.4) is 0 Å². The van der Waals surface area contributed by atoms with Crippen LogP contribution in [0.5, 0.6) is 5.88 Å². The first-order valence-corrected chi connectivity index (χ1v) is 4.83. The number of hydrogen-bond acceptors (Lipinski definition) is 7. The van der Waals surface area contributed by atoms with E-state index in [9.17, 15) is 4.79 Å². The normalized spacial score (nSPS) is 10.2. The molecular formula is C9H10N6O2. The summed E-state index contributed by atoms with van der Waals surface area (Å²) in [5, 5.41) is 18.7. The van der Waals surface area contributed by atoms with Crippen LogP contribution in [0.2, 0.25) is 0 Å². The minimum absolute atomic E-state index is 0.0504. The summed E-state index contributed by atoms with van der Waals surface area (Å²) in [5.74, 6) is 0.502. The molecule has 2 heterocycles. The van der Waals surface area contributed by atoms with Crippen LogP contribution in [0, 0.1) is 0 Å². The molecule has 2 aromatic rings. The first kappa shape index (κ1) is 11.1. The van der Waals surface area contributed by atoms with Crippen molar-refractivity contribution >= 4 is 5.78 Å². The van der Waals surface area contributed by atoms with Crippen LogP contribution in [0.25, 0.3) is 0 Å². The van der Waals surface area contributed by atoms with E-state index in [-0.39, 0.29) is 17.9 Å². The molecule has 0 aliphatic rings. The van der Waals surface area contributed by atoms with Crippen LogP contribution < -0.4 is 4.74 Å². The van der Waals surface area contributed by atoms with Crippen LogP contribution in [0.15, 0.2) is 12.1 Å². The lowest BCUT2D eigenvalue weighted by molar-refractivity contribution is 0.0984. The zero-order valence-electron chi connectivity index (χ0n) is 9.36. The Labute approximate surface area is 96.6 Å². The molecule has 0 aliphatic heterocycles. The van der Waals surface area contributed by atoms with E-state index < -0.39 is 0 Å². The number of carbonyl (C=O) groups excluding carboxylic acids is 1. The van der Waals surface area contributed by atoms with Crippen molar-refractivity contribution in [1.82, 2.24) is 30.4 Å². The topological polar surface area (TPSA) is 95.7 Å². The van der Waals surface area contributed by atoms with Gasteiger partial charge in [0.05, 0.1) is 20.6 Å². The highest BCUT2D eigenvalue weighted by molar-refractivity contribution is 5.95. The van der Waals surface area contributed by atoms with E-state index in [0.29, 0.717) is 11.7 Å². The third-order valence-corrected chi connectivity index (χ3v) is 2.00. The smallest absolute Gasteiger partial charge is 0.233 e. The largest absolute Gasteiger partial charge is 0.480 e. The van der Waals surface area contributed by atoms with Gasteiger partial charge in [-0.25, -0.2) is 0 Å². The molecule has 0 aromatic carbocycles. The zero-order valence-corrected chi connectivity index (χ0v) is 9.36. The fraction of sp³-hybridized carbons (Fsp3) is 0.333. The molecule has 0 amide bonds. The molecule has 0 aliphatic carbocycles. The molecule has 17 heavy (non-hydrogen) atoms. The van der Waals surface area contributed by atoms with Gasteiger partial charge < -0.3 is 4.74 Å². The number of aromatic nitrogens is 6. The Balaban J connectivity index is 2.09. The molecule has 0 N–H and O–H groups in total. The summed E-state index contributed by atoms with van der Waals surface area (Å²) in [6.45, 7) is 0. The Morgan fingerprint density at radius 3 is 2.71 bits per heavy atom. The number of rotatable bonds is 4. The molecule has 2 aromatic heterocycles. The number of carbonyl (C=O) groups is 1. The van der Waals surface area contributed by atoms with Crippen LogP contribution >= 0.6 is 0 Å². The number of nitrogens with zero attached hydrogens (tertiary/aromatic N) is 6. The molecule has 0 saturated heterocycles. The minimum Gasteiger partial charge on any atom is -0.480 e. The van der Waals surface area contributed by atoms with E-state index in [4.69, 9.17) is 4.74 Å².